The van der Waals surface area contributed by atoms with Gasteiger partial charge in [-0.25, -0.2) is 8.42 Å². The fourth-order valence-electron chi connectivity index (χ4n) is 3.35. The van der Waals surface area contributed by atoms with Gasteiger partial charge in [0.1, 0.15) is 6.54 Å². The molecule has 5 nitrogen and oxygen atoms in total. The number of carbonyl (C=O) groups is 1. The molecule has 1 aliphatic rings. The van der Waals surface area contributed by atoms with E-state index in [1.807, 2.05) is 0 Å². The van der Waals surface area contributed by atoms with Crippen LogP contribution in [0.2, 0.25) is 15.1 Å². The molecule has 0 atom stereocenters. The fourth-order valence-corrected chi connectivity index (χ4v) is 5.07. The minimum Gasteiger partial charge on any atom is -0.292 e. The molecule has 1 heterocycles. The number of sulfonamides is 1. The predicted octanol–water partition coefficient (Wildman–Crippen LogP) is 5.79. The van der Waals surface area contributed by atoms with Crippen molar-refractivity contribution >= 4 is 62.0 Å². The van der Waals surface area contributed by atoms with Gasteiger partial charge < -0.3 is 0 Å². The van der Waals surface area contributed by atoms with Crippen LogP contribution in [0, 0.1) is 6.92 Å². The number of benzene rings is 3. The van der Waals surface area contributed by atoms with Crippen LogP contribution in [0.5, 0.6) is 0 Å². The Morgan fingerprint density at radius 2 is 1.71 bits per heavy atom. The number of aliphatic imine (C=N–C) groups is 1. The lowest BCUT2D eigenvalue weighted by atomic mass is 9.92. The molecule has 9 heteroatoms. The van der Waals surface area contributed by atoms with Crippen molar-refractivity contribution in [2.75, 3.05) is 11.3 Å². The van der Waals surface area contributed by atoms with Gasteiger partial charge in [-0.2, -0.15) is 0 Å². The second-order valence-corrected chi connectivity index (χ2v) is 9.89. The first-order chi connectivity index (χ1) is 14.7. The predicted molar refractivity (Wildman–Crippen MR) is 125 cm³/mol. The van der Waals surface area contributed by atoms with Crippen LogP contribution in [0.1, 0.15) is 27.0 Å². The largest absolute Gasteiger partial charge is 0.292 e. The number of aryl methyl sites for hydroxylation is 1. The van der Waals surface area contributed by atoms with E-state index in [0.29, 0.717) is 43.0 Å². The van der Waals surface area contributed by atoms with Gasteiger partial charge in [0.25, 0.3) is 10.0 Å². The third-order valence-corrected chi connectivity index (χ3v) is 7.19. The highest BCUT2D eigenvalue weighted by Gasteiger charge is 2.26. The SMILES string of the molecule is Cc1cc(S(=O)(=O)Nc2cc(Cl)ccc2C2=NCC(=O)c3c(Cl)cccc32)ccc1Cl. The summed E-state index contributed by atoms with van der Waals surface area (Å²) >= 11 is 18.4. The average molecular weight is 494 g/mol. The number of fused-ring (bicyclic) bond motifs is 1. The van der Waals surface area contributed by atoms with E-state index < -0.39 is 10.0 Å². The minimum absolute atomic E-state index is 0.0598. The first-order valence-electron chi connectivity index (χ1n) is 9.13. The summed E-state index contributed by atoms with van der Waals surface area (Å²) in [4.78, 5) is 16.8. The number of hydrogen-bond donors (Lipinski definition) is 1. The van der Waals surface area contributed by atoms with E-state index in [-0.39, 0.29) is 22.9 Å². The summed E-state index contributed by atoms with van der Waals surface area (Å²) in [6, 6.07) is 14.3. The Labute approximate surface area is 194 Å². The zero-order valence-corrected chi connectivity index (χ0v) is 19.2. The monoisotopic (exact) mass is 492 g/mol. The molecule has 0 amide bonds. The molecular weight excluding hydrogens is 479 g/mol. The van der Waals surface area contributed by atoms with Crippen molar-refractivity contribution in [2.45, 2.75) is 11.8 Å². The van der Waals surface area contributed by atoms with E-state index in [2.05, 4.69) is 9.71 Å². The zero-order chi connectivity index (χ0) is 22.3. The van der Waals surface area contributed by atoms with Gasteiger partial charge in [0.15, 0.2) is 5.78 Å². The highest BCUT2D eigenvalue weighted by molar-refractivity contribution is 7.92. The summed E-state index contributed by atoms with van der Waals surface area (Å²) in [5, 5.41) is 1.13. The molecule has 0 bridgehead atoms. The van der Waals surface area contributed by atoms with E-state index in [1.54, 1.807) is 37.3 Å². The van der Waals surface area contributed by atoms with Crippen LogP contribution >= 0.6 is 34.8 Å². The molecule has 0 aliphatic carbocycles. The minimum atomic E-state index is -3.94. The Bertz CT molecular complexity index is 1370. The van der Waals surface area contributed by atoms with Gasteiger partial charge in [-0.3, -0.25) is 14.5 Å². The first kappa shape index (κ1) is 21.8. The van der Waals surface area contributed by atoms with E-state index in [9.17, 15) is 13.2 Å². The summed E-state index contributed by atoms with van der Waals surface area (Å²) < 4.78 is 28.7. The molecule has 0 aromatic heterocycles. The Hall–Kier alpha value is -2.38. The molecule has 1 N–H and O–H groups in total. The topological polar surface area (TPSA) is 75.6 Å². The molecule has 3 aromatic rings. The van der Waals surface area contributed by atoms with Gasteiger partial charge in [0.05, 0.1) is 21.3 Å². The molecule has 0 unspecified atom stereocenters. The van der Waals surface area contributed by atoms with E-state index in [4.69, 9.17) is 34.8 Å². The van der Waals surface area contributed by atoms with E-state index >= 15 is 0 Å². The third kappa shape index (κ3) is 4.21. The van der Waals surface area contributed by atoms with Crippen LogP contribution in [0.3, 0.4) is 0 Å². The highest BCUT2D eigenvalue weighted by Crippen LogP contribution is 2.32. The van der Waals surface area contributed by atoms with Crippen LogP contribution in [0.15, 0.2) is 64.5 Å². The molecule has 1 aliphatic heterocycles. The van der Waals surface area contributed by atoms with Crippen molar-refractivity contribution in [3.8, 4) is 0 Å². The molecule has 158 valence electrons. The van der Waals surface area contributed by atoms with Gasteiger partial charge >= 0.3 is 0 Å². The van der Waals surface area contributed by atoms with Crippen molar-refractivity contribution in [1.82, 2.24) is 0 Å². The molecule has 0 spiro atoms. The molecular formula is C22H15Cl3N2O3S. The first-order valence-corrected chi connectivity index (χ1v) is 11.7. The molecule has 0 radical (unpaired) electrons. The van der Waals surface area contributed by atoms with E-state index in [0.717, 1.165) is 0 Å². The van der Waals surface area contributed by atoms with Crippen LogP contribution in [0.25, 0.3) is 0 Å². The summed E-state index contributed by atoms with van der Waals surface area (Å²) in [6.45, 7) is 1.64. The maximum Gasteiger partial charge on any atom is 0.261 e. The number of rotatable bonds is 4. The molecule has 31 heavy (non-hydrogen) atoms. The third-order valence-electron chi connectivity index (χ3n) is 4.85. The van der Waals surface area contributed by atoms with Gasteiger partial charge in [0.2, 0.25) is 0 Å². The summed E-state index contributed by atoms with van der Waals surface area (Å²) in [7, 11) is -3.94. The Balaban J connectivity index is 1.82. The average Bonchev–Trinajstić information content (AvgIpc) is 2.71. The van der Waals surface area contributed by atoms with Crippen LogP contribution in [-0.2, 0) is 10.0 Å². The number of hydrogen-bond acceptors (Lipinski definition) is 4. The molecule has 0 saturated carbocycles. The summed E-state index contributed by atoms with van der Waals surface area (Å²) in [6.07, 6.45) is 0. The van der Waals surface area contributed by atoms with Gasteiger partial charge in [-0.15, -0.1) is 0 Å². The van der Waals surface area contributed by atoms with Crippen molar-refractivity contribution in [1.29, 1.82) is 0 Å². The van der Waals surface area contributed by atoms with Crippen molar-refractivity contribution < 1.29 is 13.2 Å². The molecule has 0 fully saturated rings. The number of ketones is 1. The number of anilines is 1. The van der Waals surface area contributed by atoms with Crippen molar-refractivity contribution in [3.63, 3.8) is 0 Å². The Morgan fingerprint density at radius 3 is 2.45 bits per heavy atom. The summed E-state index contributed by atoms with van der Waals surface area (Å²) in [5.41, 5.74) is 2.71. The lowest BCUT2D eigenvalue weighted by Gasteiger charge is -2.20. The van der Waals surface area contributed by atoms with Gasteiger partial charge in [-0.05, 0) is 55.0 Å². The lowest BCUT2D eigenvalue weighted by Crippen LogP contribution is -2.22. The second kappa shape index (κ2) is 8.28. The molecule has 4 rings (SSSR count). The maximum atomic E-state index is 13.1. The van der Waals surface area contributed by atoms with Crippen molar-refractivity contribution in [3.05, 3.63) is 91.9 Å². The second-order valence-electron chi connectivity index (χ2n) is 6.96. The van der Waals surface area contributed by atoms with Gasteiger partial charge in [0, 0.05) is 26.7 Å². The van der Waals surface area contributed by atoms with Crippen LogP contribution in [0.4, 0.5) is 5.69 Å². The van der Waals surface area contributed by atoms with Crippen LogP contribution < -0.4 is 4.72 Å². The Morgan fingerprint density at radius 1 is 0.935 bits per heavy atom. The Kier molecular flexibility index (Phi) is 5.83. The van der Waals surface area contributed by atoms with Crippen molar-refractivity contribution in [2.24, 2.45) is 4.99 Å². The number of nitrogens with zero attached hydrogens (tertiary/aromatic N) is 1. The smallest absolute Gasteiger partial charge is 0.261 e. The quantitative estimate of drug-likeness (QED) is 0.500. The number of halogens is 3. The van der Waals surface area contributed by atoms with E-state index in [1.165, 1.54) is 24.3 Å². The summed E-state index contributed by atoms with van der Waals surface area (Å²) in [5.74, 6) is -0.197. The zero-order valence-electron chi connectivity index (χ0n) is 16.1. The van der Waals surface area contributed by atoms with Crippen LogP contribution in [-0.4, -0.2) is 26.5 Å². The number of carbonyl (C=O) groups excluding carboxylic acids is 1. The number of Topliss-reactive ketones (excluding diaryl/α,β-unsaturated/α-hetero) is 1. The molecule has 0 saturated heterocycles. The molecule has 3 aromatic carbocycles. The fraction of sp³-hybridized carbons (Fsp3) is 0.0909. The lowest BCUT2D eigenvalue weighted by molar-refractivity contribution is 0.100. The normalized spacial score (nSPS) is 13.5. The number of nitrogens with one attached hydrogen (secondary N) is 1. The van der Waals surface area contributed by atoms with Gasteiger partial charge in [-0.1, -0.05) is 46.9 Å². The highest BCUT2D eigenvalue weighted by atomic mass is 35.5. The maximum absolute atomic E-state index is 13.1. The standard InChI is InChI=1S/C22H15Cl3N2O3S/c1-12-9-14(6-8-17(12)24)31(29,30)27-19-10-13(23)5-7-15(19)22-16-3-2-4-18(25)21(16)20(28)11-26-22/h2-10,27H,11H2,1H3.